The molecule has 8 heteroatoms. The summed E-state index contributed by atoms with van der Waals surface area (Å²) in [5, 5.41) is 10.9. The molecule has 0 fully saturated rings. The summed E-state index contributed by atoms with van der Waals surface area (Å²) in [6.45, 7) is 2.54. The number of methoxy groups -OCH3 is 2. The van der Waals surface area contributed by atoms with E-state index in [1.807, 2.05) is 37.3 Å². The first-order valence-electron chi connectivity index (χ1n) is 8.99. The molecule has 0 bridgehead atoms. The molecule has 0 atom stereocenters. The smallest absolute Gasteiger partial charge is 0.289 e. The Labute approximate surface area is 168 Å². The van der Waals surface area contributed by atoms with Gasteiger partial charge < -0.3 is 14.2 Å². The van der Waals surface area contributed by atoms with Crippen molar-refractivity contribution in [2.75, 3.05) is 20.8 Å². The van der Waals surface area contributed by atoms with Crippen molar-refractivity contribution >= 4 is 12.1 Å². The molecule has 0 aliphatic carbocycles. The van der Waals surface area contributed by atoms with Gasteiger partial charge in [-0.25, -0.2) is 5.43 Å². The number of H-pyrrole nitrogens is 1. The van der Waals surface area contributed by atoms with E-state index in [1.54, 1.807) is 32.4 Å². The Balaban J connectivity index is 1.67. The average Bonchev–Trinajstić information content (AvgIpc) is 3.24. The van der Waals surface area contributed by atoms with Crippen LogP contribution >= 0.6 is 0 Å². The Morgan fingerprint density at radius 3 is 2.66 bits per heavy atom. The molecule has 1 aromatic heterocycles. The molecule has 0 radical (unpaired) electrons. The number of carbonyl (C=O) groups is 1. The van der Waals surface area contributed by atoms with E-state index in [0.717, 1.165) is 11.3 Å². The second kappa shape index (κ2) is 9.41. The average molecular weight is 394 g/mol. The summed E-state index contributed by atoms with van der Waals surface area (Å²) in [6, 6.07) is 14.5. The van der Waals surface area contributed by atoms with E-state index < -0.39 is 5.91 Å². The van der Waals surface area contributed by atoms with Crippen molar-refractivity contribution in [3.8, 4) is 28.5 Å². The van der Waals surface area contributed by atoms with Crippen molar-refractivity contribution in [2.45, 2.75) is 6.92 Å². The van der Waals surface area contributed by atoms with Gasteiger partial charge in [-0.15, -0.1) is 0 Å². The van der Waals surface area contributed by atoms with Crippen LogP contribution in [0.4, 0.5) is 0 Å². The topological polar surface area (TPSA) is 97.8 Å². The van der Waals surface area contributed by atoms with E-state index in [-0.39, 0.29) is 0 Å². The third-order valence-electron chi connectivity index (χ3n) is 4.09. The van der Waals surface area contributed by atoms with E-state index in [0.29, 0.717) is 35.1 Å². The number of para-hydroxylation sites is 1. The molecule has 0 saturated carbocycles. The number of aromatic amines is 1. The molecule has 3 aromatic rings. The van der Waals surface area contributed by atoms with Gasteiger partial charge in [0.25, 0.3) is 5.91 Å². The SMILES string of the molecule is CCOc1ccc(-c2cc(C(=O)NN=Cc3cccc(OC)c3OC)[nH]n2)cc1. The highest BCUT2D eigenvalue weighted by molar-refractivity contribution is 5.94. The van der Waals surface area contributed by atoms with Crippen LogP contribution in [0.1, 0.15) is 23.0 Å². The van der Waals surface area contributed by atoms with Crippen molar-refractivity contribution in [1.29, 1.82) is 0 Å². The van der Waals surface area contributed by atoms with Gasteiger partial charge in [-0.1, -0.05) is 6.07 Å². The van der Waals surface area contributed by atoms with E-state index in [1.165, 1.54) is 6.21 Å². The molecule has 2 N–H and O–H groups in total. The number of amides is 1. The lowest BCUT2D eigenvalue weighted by Crippen LogP contribution is -2.18. The molecule has 2 aromatic carbocycles. The van der Waals surface area contributed by atoms with Gasteiger partial charge in [-0.05, 0) is 49.4 Å². The third kappa shape index (κ3) is 4.73. The molecule has 0 spiro atoms. The minimum Gasteiger partial charge on any atom is -0.494 e. The Morgan fingerprint density at radius 2 is 1.97 bits per heavy atom. The zero-order valence-electron chi connectivity index (χ0n) is 16.4. The van der Waals surface area contributed by atoms with Crippen molar-refractivity contribution in [3.63, 3.8) is 0 Å². The van der Waals surface area contributed by atoms with Crippen LogP contribution in [0.3, 0.4) is 0 Å². The predicted octanol–water partition coefficient (Wildman–Crippen LogP) is 3.26. The normalized spacial score (nSPS) is 10.7. The fourth-order valence-corrected chi connectivity index (χ4v) is 2.71. The monoisotopic (exact) mass is 394 g/mol. The number of rotatable bonds is 8. The molecule has 0 aliphatic heterocycles. The van der Waals surface area contributed by atoms with Gasteiger partial charge in [0.1, 0.15) is 11.4 Å². The lowest BCUT2D eigenvalue weighted by molar-refractivity contribution is 0.0950. The fraction of sp³-hybridized carbons (Fsp3) is 0.190. The first-order chi connectivity index (χ1) is 14.2. The maximum absolute atomic E-state index is 12.3. The Morgan fingerprint density at radius 1 is 1.17 bits per heavy atom. The van der Waals surface area contributed by atoms with Crippen molar-refractivity contribution in [1.82, 2.24) is 15.6 Å². The van der Waals surface area contributed by atoms with Crippen LogP contribution in [0.5, 0.6) is 17.2 Å². The molecule has 0 saturated heterocycles. The lowest BCUT2D eigenvalue weighted by atomic mass is 10.1. The zero-order chi connectivity index (χ0) is 20.6. The highest BCUT2D eigenvalue weighted by Gasteiger charge is 2.11. The fourth-order valence-electron chi connectivity index (χ4n) is 2.71. The first-order valence-corrected chi connectivity index (χ1v) is 8.99. The summed E-state index contributed by atoms with van der Waals surface area (Å²) in [5.74, 6) is 1.49. The highest BCUT2D eigenvalue weighted by atomic mass is 16.5. The Kier molecular flexibility index (Phi) is 6.47. The predicted molar refractivity (Wildman–Crippen MR) is 110 cm³/mol. The summed E-state index contributed by atoms with van der Waals surface area (Å²) in [6.07, 6.45) is 1.49. The third-order valence-corrected chi connectivity index (χ3v) is 4.09. The van der Waals surface area contributed by atoms with Crippen LogP contribution in [0, 0.1) is 0 Å². The molecular formula is C21H22N4O4. The minimum absolute atomic E-state index is 0.295. The summed E-state index contributed by atoms with van der Waals surface area (Å²) < 4.78 is 16.0. The molecule has 8 nitrogen and oxygen atoms in total. The zero-order valence-corrected chi connectivity index (χ0v) is 16.4. The molecule has 0 unspecified atom stereocenters. The summed E-state index contributed by atoms with van der Waals surface area (Å²) in [4.78, 5) is 12.3. The number of nitrogens with zero attached hydrogens (tertiary/aromatic N) is 2. The van der Waals surface area contributed by atoms with Crippen molar-refractivity contribution in [2.24, 2.45) is 5.10 Å². The number of aromatic nitrogens is 2. The number of benzene rings is 2. The van der Waals surface area contributed by atoms with E-state index in [9.17, 15) is 4.79 Å². The first kappa shape index (κ1) is 19.9. The Hall–Kier alpha value is -3.81. The summed E-state index contributed by atoms with van der Waals surface area (Å²) >= 11 is 0. The highest BCUT2D eigenvalue weighted by Crippen LogP contribution is 2.29. The van der Waals surface area contributed by atoms with Gasteiger partial charge in [0, 0.05) is 11.1 Å². The van der Waals surface area contributed by atoms with Gasteiger partial charge in [0.05, 0.1) is 32.7 Å². The number of hydrazone groups is 1. The van der Waals surface area contributed by atoms with Crippen LogP contribution in [-0.2, 0) is 0 Å². The second-order valence-electron chi connectivity index (χ2n) is 5.91. The van der Waals surface area contributed by atoms with E-state index in [2.05, 4.69) is 20.7 Å². The van der Waals surface area contributed by atoms with E-state index in [4.69, 9.17) is 14.2 Å². The maximum Gasteiger partial charge on any atom is 0.289 e. The van der Waals surface area contributed by atoms with Crippen LogP contribution in [0.15, 0.2) is 53.6 Å². The van der Waals surface area contributed by atoms with E-state index >= 15 is 0 Å². The van der Waals surface area contributed by atoms with Crippen LogP contribution in [0.2, 0.25) is 0 Å². The van der Waals surface area contributed by atoms with Gasteiger partial charge in [0.15, 0.2) is 11.5 Å². The van der Waals surface area contributed by atoms with Crippen LogP contribution in [0.25, 0.3) is 11.3 Å². The Bertz CT molecular complexity index is 996. The molecule has 0 aliphatic rings. The standard InChI is InChI=1S/C21H22N4O4/c1-4-29-16-10-8-14(9-11-16)17-12-18(24-23-17)21(26)25-22-13-15-6-5-7-19(27-2)20(15)28-3/h5-13H,4H2,1-3H3,(H,23,24)(H,25,26). The number of carbonyl (C=O) groups excluding carboxylic acids is 1. The van der Waals surface area contributed by atoms with Crippen LogP contribution < -0.4 is 19.6 Å². The summed E-state index contributed by atoms with van der Waals surface area (Å²) in [5.41, 5.74) is 4.96. The molecule has 3 rings (SSSR count). The maximum atomic E-state index is 12.3. The van der Waals surface area contributed by atoms with Gasteiger partial charge in [-0.2, -0.15) is 10.2 Å². The largest absolute Gasteiger partial charge is 0.494 e. The molecular weight excluding hydrogens is 372 g/mol. The molecule has 1 heterocycles. The number of hydrogen-bond acceptors (Lipinski definition) is 6. The van der Waals surface area contributed by atoms with Gasteiger partial charge >= 0.3 is 0 Å². The van der Waals surface area contributed by atoms with Crippen LogP contribution in [-0.4, -0.2) is 43.1 Å². The number of ether oxygens (including phenoxy) is 3. The molecule has 29 heavy (non-hydrogen) atoms. The quantitative estimate of drug-likeness (QED) is 0.451. The minimum atomic E-state index is -0.409. The second-order valence-corrected chi connectivity index (χ2v) is 5.91. The number of hydrogen-bond donors (Lipinski definition) is 2. The van der Waals surface area contributed by atoms with Gasteiger partial charge in [-0.3, -0.25) is 9.89 Å². The lowest BCUT2D eigenvalue weighted by Gasteiger charge is -2.09. The van der Waals surface area contributed by atoms with Crippen molar-refractivity contribution in [3.05, 3.63) is 59.8 Å². The molecule has 150 valence electrons. The van der Waals surface area contributed by atoms with Crippen molar-refractivity contribution < 1.29 is 19.0 Å². The number of nitrogens with one attached hydrogen (secondary N) is 2. The molecule has 1 amide bonds. The summed E-state index contributed by atoms with van der Waals surface area (Å²) in [7, 11) is 3.10. The van der Waals surface area contributed by atoms with Gasteiger partial charge in [0.2, 0.25) is 0 Å².